The number of fused-ring (bicyclic) bond motifs is 1. The van der Waals surface area contributed by atoms with Crippen molar-refractivity contribution in [2.75, 3.05) is 51.1 Å². The monoisotopic (exact) mass is 715 g/mol. The second kappa shape index (κ2) is 17.2. The Morgan fingerprint density at radius 3 is 2.50 bits per heavy atom. The van der Waals surface area contributed by atoms with Crippen LogP contribution >= 0.6 is 0 Å². The summed E-state index contributed by atoms with van der Waals surface area (Å²) in [6.45, 7) is 9.18. The second-order valence-corrected chi connectivity index (χ2v) is 14.8. The van der Waals surface area contributed by atoms with E-state index in [4.69, 9.17) is 18.7 Å². The number of aliphatic hydroxyl groups is 1. The van der Waals surface area contributed by atoms with Crippen molar-refractivity contribution in [1.82, 2.24) is 14.4 Å². The van der Waals surface area contributed by atoms with Gasteiger partial charge in [0.15, 0.2) is 5.76 Å². The number of aryl methyl sites for hydroxylation is 2. The maximum Gasteiger partial charge on any atom is 0.323 e. The lowest BCUT2D eigenvalue weighted by Gasteiger charge is -2.35. The molecule has 0 saturated heterocycles. The molecule has 1 aliphatic heterocycles. The first-order chi connectivity index (χ1) is 23.7. The average molecular weight is 716 g/mol. The van der Waals surface area contributed by atoms with E-state index < -0.39 is 34.1 Å². The van der Waals surface area contributed by atoms with Crippen LogP contribution < -0.4 is 20.1 Å². The number of hydrogen-bond acceptors (Lipinski definition) is 10. The number of amides is 3. The molecule has 3 aromatic rings. The van der Waals surface area contributed by atoms with Crippen molar-refractivity contribution < 1.29 is 41.8 Å². The van der Waals surface area contributed by atoms with Gasteiger partial charge in [0, 0.05) is 38.3 Å². The molecule has 0 unspecified atom stereocenters. The highest BCUT2D eigenvalue weighted by atomic mass is 32.2. The number of carbonyl (C=O) groups is 2. The summed E-state index contributed by atoms with van der Waals surface area (Å²) in [6, 6.07) is 9.87. The molecule has 14 nitrogen and oxygen atoms in total. The quantitative estimate of drug-likeness (QED) is 0.272. The van der Waals surface area contributed by atoms with Gasteiger partial charge in [0.25, 0.3) is 5.91 Å². The molecule has 4 atom stereocenters. The van der Waals surface area contributed by atoms with Crippen LogP contribution in [-0.4, -0.2) is 98.5 Å². The highest BCUT2D eigenvalue weighted by Crippen LogP contribution is 2.29. The first-order valence-electron chi connectivity index (χ1n) is 16.7. The smallest absolute Gasteiger partial charge is 0.323 e. The van der Waals surface area contributed by atoms with E-state index in [2.05, 4.69) is 15.8 Å². The summed E-state index contributed by atoms with van der Waals surface area (Å²) in [5.74, 6) is 0.563. The van der Waals surface area contributed by atoms with Crippen LogP contribution in [0, 0.1) is 19.8 Å². The molecule has 1 aromatic heterocycles. The van der Waals surface area contributed by atoms with Gasteiger partial charge in [0.1, 0.15) is 22.9 Å². The number of carbonyl (C=O) groups excluding carboxylic acids is 2. The number of nitrogens with zero attached hydrogens (tertiary/aromatic N) is 3. The molecule has 0 aliphatic carbocycles. The Morgan fingerprint density at radius 1 is 1.14 bits per heavy atom. The first kappa shape index (κ1) is 38.6. The molecule has 15 heteroatoms. The van der Waals surface area contributed by atoms with Gasteiger partial charge < -0.3 is 39.4 Å². The molecule has 0 saturated carbocycles. The Hall–Kier alpha value is -4.18. The number of aliphatic hydroxyl groups excluding tert-OH is 1. The number of nitrogens with one attached hydrogen (secondary N) is 2. The third-order valence-corrected chi connectivity index (χ3v) is 10.6. The van der Waals surface area contributed by atoms with E-state index in [9.17, 15) is 23.1 Å². The fourth-order valence-corrected chi connectivity index (χ4v) is 6.86. The first-order valence-corrected chi connectivity index (χ1v) is 18.1. The van der Waals surface area contributed by atoms with E-state index >= 15 is 0 Å². The molecule has 274 valence electrons. The van der Waals surface area contributed by atoms with E-state index in [1.807, 2.05) is 13.8 Å². The number of rotatable bonds is 9. The summed E-state index contributed by atoms with van der Waals surface area (Å²) in [7, 11) is -0.847. The number of aromatic nitrogens is 1. The summed E-state index contributed by atoms with van der Waals surface area (Å²) in [5.41, 5.74) is 1.52. The zero-order valence-corrected chi connectivity index (χ0v) is 30.6. The molecule has 4 rings (SSSR count). The van der Waals surface area contributed by atoms with Gasteiger partial charge in [-0.25, -0.2) is 13.2 Å². The maximum absolute atomic E-state index is 14.4. The van der Waals surface area contributed by atoms with Crippen LogP contribution in [0.1, 0.15) is 61.8 Å². The minimum Gasteiger partial charge on any atom is -0.497 e. The van der Waals surface area contributed by atoms with Gasteiger partial charge in [-0.3, -0.25) is 4.79 Å². The summed E-state index contributed by atoms with van der Waals surface area (Å²) in [6.07, 6.45) is 1.36. The Kier molecular flexibility index (Phi) is 13.3. The van der Waals surface area contributed by atoms with Crippen LogP contribution in [-0.2, 0) is 14.8 Å². The van der Waals surface area contributed by atoms with Crippen molar-refractivity contribution in [3.05, 3.63) is 59.5 Å². The molecule has 0 radical (unpaired) electrons. The molecule has 0 fully saturated rings. The minimum absolute atomic E-state index is 0.0372. The number of sulfonamides is 1. The van der Waals surface area contributed by atoms with Gasteiger partial charge in [0.2, 0.25) is 10.0 Å². The Morgan fingerprint density at radius 2 is 1.86 bits per heavy atom. The Bertz CT molecular complexity index is 1690. The molecule has 0 bridgehead atoms. The molecular weight excluding hydrogens is 666 g/mol. The lowest BCUT2D eigenvalue weighted by Crippen LogP contribution is -2.48. The predicted molar refractivity (Wildman–Crippen MR) is 188 cm³/mol. The molecule has 3 N–H and O–H groups in total. The summed E-state index contributed by atoms with van der Waals surface area (Å²) < 4.78 is 51.2. The Labute approximate surface area is 294 Å². The van der Waals surface area contributed by atoms with Crippen molar-refractivity contribution in [3.63, 3.8) is 0 Å². The lowest BCUT2D eigenvalue weighted by atomic mass is 10.0. The molecule has 3 amide bonds. The molecular formula is C35H49N5O9S. The molecule has 2 heterocycles. The predicted octanol–water partition coefficient (Wildman–Crippen LogP) is 5.06. The Balaban J connectivity index is 1.62. The SMILES string of the molecule is COc1ccc(S(=O)(=O)N(C)C[C@H]2OCCCC[C@@H](C)Oc3ccc(NC(=O)Nc4c(C)noc4C)cc3C(=O)N([C@@H](C)CO)C[C@@H]2C)cc1. The van der Waals surface area contributed by atoms with Crippen molar-refractivity contribution in [3.8, 4) is 11.5 Å². The highest BCUT2D eigenvalue weighted by molar-refractivity contribution is 7.89. The van der Waals surface area contributed by atoms with Gasteiger partial charge in [-0.2, -0.15) is 4.31 Å². The van der Waals surface area contributed by atoms with Gasteiger partial charge in [-0.15, -0.1) is 0 Å². The van der Waals surface area contributed by atoms with Crippen LogP contribution in [0.4, 0.5) is 16.2 Å². The van der Waals surface area contributed by atoms with Crippen molar-refractivity contribution in [1.29, 1.82) is 0 Å². The number of benzene rings is 2. The van der Waals surface area contributed by atoms with Crippen LogP contribution in [0.5, 0.6) is 11.5 Å². The van der Waals surface area contributed by atoms with Crippen LogP contribution in [0.25, 0.3) is 0 Å². The van der Waals surface area contributed by atoms with Crippen LogP contribution in [0.15, 0.2) is 51.9 Å². The molecule has 2 aromatic carbocycles. The number of anilines is 2. The number of urea groups is 1. The van der Waals surface area contributed by atoms with Gasteiger partial charge in [0.05, 0.1) is 42.4 Å². The third kappa shape index (κ3) is 9.53. The standard InChI is InChI=1S/C35H49N5O9S/c1-22-19-40(23(2)21-41)34(42)30-18-27(36-35(43)37-33-25(4)38-49-26(33)5)11-16-31(30)48-24(3)10-8-9-17-47-32(22)20-39(6)50(44,45)29-14-12-28(46-7)13-15-29/h11-16,18,22-24,32,41H,8-10,17,19-21H2,1-7H3,(H2,36,37,43)/t22-,23-,24+,32+/m0/s1. The second-order valence-electron chi connectivity index (χ2n) is 12.8. The number of hydrogen-bond donors (Lipinski definition) is 3. The molecule has 0 spiro atoms. The maximum atomic E-state index is 14.4. The zero-order valence-electron chi connectivity index (χ0n) is 29.8. The number of ether oxygens (including phenoxy) is 3. The average Bonchev–Trinajstić information content (AvgIpc) is 3.41. The highest BCUT2D eigenvalue weighted by Gasteiger charge is 2.32. The van der Waals surface area contributed by atoms with E-state index in [0.717, 1.165) is 12.8 Å². The minimum atomic E-state index is -3.86. The fourth-order valence-electron chi connectivity index (χ4n) is 5.68. The van der Waals surface area contributed by atoms with Gasteiger partial charge in [-0.1, -0.05) is 12.1 Å². The summed E-state index contributed by atoms with van der Waals surface area (Å²) >= 11 is 0. The van der Waals surface area contributed by atoms with Gasteiger partial charge in [-0.05, 0) is 89.4 Å². The van der Waals surface area contributed by atoms with E-state index in [1.165, 1.54) is 35.5 Å². The van der Waals surface area contributed by atoms with E-state index in [0.29, 0.717) is 47.4 Å². The van der Waals surface area contributed by atoms with E-state index in [1.54, 1.807) is 51.1 Å². The zero-order chi connectivity index (χ0) is 36.6. The normalized spacial score (nSPS) is 20.0. The van der Waals surface area contributed by atoms with E-state index in [-0.39, 0.29) is 42.2 Å². The van der Waals surface area contributed by atoms with Gasteiger partial charge >= 0.3 is 6.03 Å². The van der Waals surface area contributed by atoms with Crippen LogP contribution in [0.2, 0.25) is 0 Å². The molecule has 1 aliphatic rings. The lowest BCUT2D eigenvalue weighted by molar-refractivity contribution is -0.00834. The summed E-state index contributed by atoms with van der Waals surface area (Å²) in [4.78, 5) is 29.0. The van der Waals surface area contributed by atoms with Crippen molar-refractivity contribution >= 4 is 33.3 Å². The topological polar surface area (TPSA) is 173 Å². The summed E-state index contributed by atoms with van der Waals surface area (Å²) in [5, 5.41) is 19.6. The largest absolute Gasteiger partial charge is 0.497 e. The van der Waals surface area contributed by atoms with Crippen LogP contribution in [0.3, 0.4) is 0 Å². The number of methoxy groups -OCH3 is 1. The molecule has 50 heavy (non-hydrogen) atoms. The van der Waals surface area contributed by atoms with Crippen molar-refractivity contribution in [2.45, 2.75) is 77.0 Å². The number of likely N-dealkylation sites (N-methyl/N-ethyl adjacent to an activating group) is 1. The fraction of sp³-hybridized carbons (Fsp3) is 0.514. The van der Waals surface area contributed by atoms with Crippen molar-refractivity contribution in [2.24, 2.45) is 5.92 Å². The third-order valence-electron chi connectivity index (χ3n) is 8.79.